The maximum absolute atomic E-state index is 13.5. The van der Waals surface area contributed by atoms with Crippen molar-refractivity contribution in [3.05, 3.63) is 77.8 Å². The molecule has 148 valence electrons. The van der Waals surface area contributed by atoms with Crippen molar-refractivity contribution in [1.82, 2.24) is 19.9 Å². The van der Waals surface area contributed by atoms with Gasteiger partial charge in [0.25, 0.3) is 5.91 Å². The number of carbonyl (C=O) groups excluding carboxylic acids is 1. The van der Waals surface area contributed by atoms with Gasteiger partial charge in [-0.15, -0.1) is 0 Å². The molecule has 0 aliphatic carbocycles. The number of halogens is 3. The van der Waals surface area contributed by atoms with Crippen LogP contribution >= 0.6 is 0 Å². The van der Waals surface area contributed by atoms with Crippen LogP contribution in [0.2, 0.25) is 0 Å². The molecule has 0 saturated carbocycles. The van der Waals surface area contributed by atoms with Gasteiger partial charge in [0.15, 0.2) is 17.1 Å². The van der Waals surface area contributed by atoms with Crippen LogP contribution in [0, 0.1) is 0 Å². The molecule has 4 rings (SSSR count). The molecule has 0 atom stereocenters. The third-order valence-electron chi connectivity index (χ3n) is 4.32. The molecule has 4 aromatic rings. The molecule has 3 aromatic heterocycles. The van der Waals surface area contributed by atoms with E-state index in [1.54, 1.807) is 6.07 Å². The number of amides is 1. The minimum atomic E-state index is -4.68. The fraction of sp³-hybridized carbons (Fsp3) is 0.150. The number of benzene rings is 1. The van der Waals surface area contributed by atoms with Crippen LogP contribution in [-0.2, 0) is 12.6 Å². The van der Waals surface area contributed by atoms with Crippen molar-refractivity contribution in [2.45, 2.75) is 12.6 Å². The molecular weight excluding hydrogens is 385 g/mol. The first-order valence-electron chi connectivity index (χ1n) is 8.75. The van der Waals surface area contributed by atoms with Crippen molar-refractivity contribution in [2.24, 2.45) is 0 Å². The van der Waals surface area contributed by atoms with Gasteiger partial charge in [-0.05, 0) is 30.2 Å². The topological polar surface area (TPSA) is 72.4 Å². The van der Waals surface area contributed by atoms with Gasteiger partial charge in [-0.2, -0.15) is 18.3 Å². The molecule has 0 saturated heterocycles. The molecule has 0 aliphatic rings. The van der Waals surface area contributed by atoms with Gasteiger partial charge in [0.05, 0.1) is 12.5 Å². The van der Waals surface area contributed by atoms with Crippen molar-refractivity contribution in [2.75, 3.05) is 6.54 Å². The van der Waals surface area contributed by atoms with Gasteiger partial charge in [0.1, 0.15) is 11.3 Å². The molecule has 6 nitrogen and oxygen atoms in total. The number of aromatic nitrogens is 3. The van der Waals surface area contributed by atoms with E-state index >= 15 is 0 Å². The van der Waals surface area contributed by atoms with Crippen LogP contribution in [0.4, 0.5) is 13.2 Å². The zero-order valence-electron chi connectivity index (χ0n) is 15.0. The standard InChI is InChI=1S/C20H15F3N4O2/c21-20(22,23)17-11-15(16-7-4-10-29-16)26-18-14(12-25-27(17)18)19(28)24-9-8-13-5-2-1-3-6-13/h1-7,10-12H,8-9H2,(H,24,28). The van der Waals surface area contributed by atoms with Crippen LogP contribution in [0.3, 0.4) is 0 Å². The van der Waals surface area contributed by atoms with Gasteiger partial charge in [-0.25, -0.2) is 9.50 Å². The van der Waals surface area contributed by atoms with Gasteiger partial charge < -0.3 is 9.73 Å². The summed E-state index contributed by atoms with van der Waals surface area (Å²) in [4.78, 5) is 16.7. The summed E-state index contributed by atoms with van der Waals surface area (Å²) in [5.74, 6) is -0.386. The first-order valence-corrected chi connectivity index (χ1v) is 8.75. The van der Waals surface area contributed by atoms with Gasteiger partial charge in [0, 0.05) is 6.54 Å². The van der Waals surface area contributed by atoms with E-state index in [1.807, 2.05) is 30.3 Å². The molecule has 0 aliphatic heterocycles. The first kappa shape index (κ1) is 18.7. The van der Waals surface area contributed by atoms with E-state index in [0.29, 0.717) is 17.5 Å². The number of hydrogen-bond acceptors (Lipinski definition) is 4. The van der Waals surface area contributed by atoms with Gasteiger partial charge in [-0.3, -0.25) is 4.79 Å². The van der Waals surface area contributed by atoms with E-state index in [-0.39, 0.29) is 22.7 Å². The van der Waals surface area contributed by atoms with E-state index in [2.05, 4.69) is 15.4 Å². The van der Waals surface area contributed by atoms with Crippen LogP contribution in [0.5, 0.6) is 0 Å². The van der Waals surface area contributed by atoms with E-state index in [9.17, 15) is 18.0 Å². The van der Waals surface area contributed by atoms with Crippen molar-refractivity contribution in [1.29, 1.82) is 0 Å². The van der Waals surface area contributed by atoms with Crippen molar-refractivity contribution >= 4 is 11.6 Å². The third-order valence-corrected chi connectivity index (χ3v) is 4.32. The average molecular weight is 400 g/mol. The van der Waals surface area contributed by atoms with E-state index in [1.165, 1.54) is 12.3 Å². The van der Waals surface area contributed by atoms with Crippen LogP contribution in [0.25, 0.3) is 17.1 Å². The normalized spacial score (nSPS) is 11.7. The second-order valence-electron chi connectivity index (χ2n) is 6.29. The quantitative estimate of drug-likeness (QED) is 0.550. The molecule has 0 radical (unpaired) electrons. The van der Waals surface area contributed by atoms with Gasteiger partial charge in [0.2, 0.25) is 0 Å². The average Bonchev–Trinajstić information content (AvgIpc) is 3.37. The molecule has 29 heavy (non-hydrogen) atoms. The third kappa shape index (κ3) is 3.84. The maximum Gasteiger partial charge on any atom is 0.433 e. The molecule has 0 fully saturated rings. The van der Waals surface area contributed by atoms with Crippen molar-refractivity contribution in [3.8, 4) is 11.5 Å². The summed E-state index contributed by atoms with van der Waals surface area (Å²) in [7, 11) is 0. The summed E-state index contributed by atoms with van der Waals surface area (Å²) in [5, 5.41) is 6.44. The smallest absolute Gasteiger partial charge is 0.433 e. The Morgan fingerprint density at radius 3 is 2.62 bits per heavy atom. The Hall–Kier alpha value is -3.62. The van der Waals surface area contributed by atoms with E-state index in [0.717, 1.165) is 17.8 Å². The number of rotatable bonds is 5. The lowest BCUT2D eigenvalue weighted by Crippen LogP contribution is -2.26. The first-order chi connectivity index (χ1) is 13.9. The van der Waals surface area contributed by atoms with E-state index < -0.39 is 17.8 Å². The predicted octanol–water partition coefficient (Wildman–Crippen LogP) is 3.98. The summed E-state index contributed by atoms with van der Waals surface area (Å²) >= 11 is 0. The molecule has 0 bridgehead atoms. The molecule has 0 spiro atoms. The monoisotopic (exact) mass is 400 g/mol. The number of nitrogens with zero attached hydrogens (tertiary/aromatic N) is 3. The molecule has 0 unspecified atom stereocenters. The Kier molecular flexibility index (Phi) is 4.79. The molecule has 9 heteroatoms. The highest BCUT2D eigenvalue weighted by atomic mass is 19.4. The lowest BCUT2D eigenvalue weighted by Gasteiger charge is -2.10. The lowest BCUT2D eigenvalue weighted by atomic mass is 10.1. The Bertz CT molecular complexity index is 1140. The van der Waals surface area contributed by atoms with Gasteiger partial charge in [-0.1, -0.05) is 30.3 Å². The Morgan fingerprint density at radius 1 is 1.14 bits per heavy atom. The minimum absolute atomic E-state index is 0.0336. The molecule has 3 heterocycles. The largest absolute Gasteiger partial charge is 0.463 e. The number of fused-ring (bicyclic) bond motifs is 1. The Labute approximate surface area is 163 Å². The van der Waals surface area contributed by atoms with Gasteiger partial charge >= 0.3 is 6.18 Å². The maximum atomic E-state index is 13.5. The fourth-order valence-corrected chi connectivity index (χ4v) is 2.94. The van der Waals surface area contributed by atoms with Crippen LogP contribution < -0.4 is 5.32 Å². The second-order valence-corrected chi connectivity index (χ2v) is 6.29. The highest BCUT2D eigenvalue weighted by Gasteiger charge is 2.36. The number of carbonyl (C=O) groups is 1. The molecule has 1 aromatic carbocycles. The number of nitrogens with one attached hydrogen (secondary N) is 1. The molecule has 1 N–H and O–H groups in total. The summed E-state index contributed by atoms with van der Waals surface area (Å²) < 4.78 is 46.4. The minimum Gasteiger partial charge on any atom is -0.463 e. The number of alkyl halides is 3. The van der Waals surface area contributed by atoms with Crippen LogP contribution in [0.15, 0.2) is 65.4 Å². The summed E-state index contributed by atoms with van der Waals surface area (Å²) in [6.45, 7) is 0.324. The second kappa shape index (κ2) is 7.42. The fourth-order valence-electron chi connectivity index (χ4n) is 2.94. The summed E-state index contributed by atoms with van der Waals surface area (Å²) in [5.41, 5.74) is -0.281. The van der Waals surface area contributed by atoms with Crippen LogP contribution in [-0.4, -0.2) is 27.0 Å². The molecule has 1 amide bonds. The van der Waals surface area contributed by atoms with Crippen LogP contribution in [0.1, 0.15) is 21.6 Å². The Balaban J connectivity index is 1.66. The highest BCUT2D eigenvalue weighted by Crippen LogP contribution is 2.32. The molecular formula is C20H15F3N4O2. The van der Waals surface area contributed by atoms with Crippen molar-refractivity contribution in [3.63, 3.8) is 0 Å². The summed E-state index contributed by atoms with van der Waals surface area (Å²) in [6.07, 6.45) is -1.68. The number of furan rings is 1. The number of hydrogen-bond donors (Lipinski definition) is 1. The lowest BCUT2D eigenvalue weighted by molar-refractivity contribution is -0.142. The summed E-state index contributed by atoms with van der Waals surface area (Å²) in [6, 6.07) is 13.4. The zero-order chi connectivity index (χ0) is 20.4. The SMILES string of the molecule is O=C(NCCc1ccccc1)c1cnn2c(C(F)(F)F)cc(-c3ccco3)nc12. The predicted molar refractivity (Wildman–Crippen MR) is 98.2 cm³/mol. The Morgan fingerprint density at radius 2 is 1.93 bits per heavy atom. The van der Waals surface area contributed by atoms with Crippen molar-refractivity contribution < 1.29 is 22.4 Å². The zero-order valence-corrected chi connectivity index (χ0v) is 15.0. The highest BCUT2D eigenvalue weighted by molar-refractivity contribution is 5.99. The van der Waals surface area contributed by atoms with E-state index in [4.69, 9.17) is 4.42 Å².